The van der Waals surface area contributed by atoms with E-state index in [0.29, 0.717) is 0 Å². The molecule has 0 unspecified atom stereocenters. The van der Waals surface area contributed by atoms with Gasteiger partial charge in [-0.15, -0.1) is 0 Å². The minimum atomic E-state index is -1.26. The van der Waals surface area contributed by atoms with E-state index in [0.717, 1.165) is 6.17 Å². The third kappa shape index (κ3) is 3.82. The van der Waals surface area contributed by atoms with Gasteiger partial charge in [-0.2, -0.15) is 0 Å². The van der Waals surface area contributed by atoms with E-state index < -0.39 is 8.07 Å². The van der Waals surface area contributed by atoms with Gasteiger partial charge in [-0.05, 0) is 26.0 Å². The van der Waals surface area contributed by atoms with Gasteiger partial charge < -0.3 is 0 Å². The topological polar surface area (TPSA) is 16.8 Å². The number of aromatic nitrogens is 2. The average Bonchev–Trinajstić information content (AvgIpc) is 2.90. The van der Waals surface area contributed by atoms with Crippen molar-refractivity contribution in [2.24, 2.45) is 0 Å². The lowest BCUT2D eigenvalue weighted by molar-refractivity contribution is -0.721. The molecule has 0 atom stereocenters. The van der Waals surface area contributed by atoms with Crippen LogP contribution in [0.25, 0.3) is 21.7 Å². The van der Waals surface area contributed by atoms with Gasteiger partial charge in [0.05, 0.1) is 10.1 Å². The van der Waals surface area contributed by atoms with Crippen LogP contribution in [0, 0.1) is 13.8 Å². The molecule has 0 aliphatic carbocycles. The summed E-state index contributed by atoms with van der Waals surface area (Å²) in [5.41, 5.74) is 6.34. The Hall–Kier alpha value is -1.78. The van der Waals surface area contributed by atoms with E-state index in [1.807, 2.05) is 0 Å². The van der Waals surface area contributed by atoms with Crippen LogP contribution in [-0.4, -0.2) is 12.6 Å². The molecule has 0 radical (unpaired) electrons. The van der Waals surface area contributed by atoms with Crippen molar-refractivity contribution >= 4 is 19.6 Å². The summed E-state index contributed by atoms with van der Waals surface area (Å²) in [6.45, 7) is 11.4. The third-order valence-electron chi connectivity index (χ3n) is 3.97. The smallest absolute Gasteiger partial charge is 0.0752 e. The third-order valence-corrected chi connectivity index (χ3v) is 6.11. The van der Waals surface area contributed by atoms with E-state index in [9.17, 15) is 0 Å². The molecule has 124 valence electrons. The molecule has 0 fully saturated rings. The van der Waals surface area contributed by atoms with E-state index in [-0.39, 0.29) is 0 Å². The van der Waals surface area contributed by atoms with Crippen LogP contribution in [0.5, 0.6) is 0 Å². The number of rotatable bonds is 4. The Morgan fingerprint density at radius 3 is 1.83 bits per heavy atom. The lowest BCUT2D eigenvalue weighted by Crippen LogP contribution is -2.48. The predicted octanol–water partition coefficient (Wildman–Crippen LogP) is 5.26. The summed E-state index contributed by atoms with van der Waals surface area (Å²) in [6, 6.07) is 17.6. The number of nitrogens with zero attached hydrogens (tertiary/aromatic N) is 2. The molecule has 0 saturated heterocycles. The van der Waals surface area contributed by atoms with Gasteiger partial charge in [-0.3, -0.25) is 0 Å². The zero-order valence-corrected chi connectivity index (χ0v) is 16.9. The molecular weight excluding hydrogens is 328 g/mol. The molecule has 0 N–H and O–H groups in total. The Morgan fingerprint density at radius 1 is 0.833 bits per heavy atom. The minimum Gasteiger partial charge on any atom is -0.0752 e. The molecule has 0 aliphatic rings. The highest BCUT2D eigenvalue weighted by molar-refractivity contribution is 7.09. The maximum Gasteiger partial charge on any atom is 0.259 e. The summed E-state index contributed by atoms with van der Waals surface area (Å²) in [5, 5.41) is 0. The van der Waals surface area contributed by atoms with E-state index >= 15 is 0 Å². The van der Waals surface area contributed by atoms with Gasteiger partial charge in [0.1, 0.15) is 13.0 Å². The summed E-state index contributed by atoms with van der Waals surface area (Å²) >= 11 is 1.61. The van der Waals surface area contributed by atoms with Crippen molar-refractivity contribution in [3.8, 4) is 21.7 Å². The number of benzene rings is 2. The molecule has 0 saturated carbocycles. The summed E-state index contributed by atoms with van der Waals surface area (Å²) in [7, 11) is -1.26. The molecule has 1 aromatic heterocycles. The van der Waals surface area contributed by atoms with E-state index in [1.165, 1.54) is 32.8 Å². The lowest BCUT2D eigenvalue weighted by atomic mass is 10.0. The first-order valence-electron chi connectivity index (χ1n) is 8.37. The average molecular weight is 354 g/mol. The molecule has 0 aliphatic heterocycles. The molecule has 24 heavy (non-hydrogen) atoms. The first-order chi connectivity index (χ1) is 11.3. The Labute approximate surface area is 150 Å². The molecule has 3 aromatic rings. The first-order valence-corrected chi connectivity index (χ1v) is 12.9. The van der Waals surface area contributed by atoms with E-state index in [2.05, 4.69) is 86.7 Å². The molecule has 2 nitrogen and oxygen atoms in total. The van der Waals surface area contributed by atoms with Crippen LogP contribution in [-0.2, 0) is 6.17 Å². The highest BCUT2D eigenvalue weighted by Gasteiger charge is 2.30. The number of aryl methyl sites for hydroxylation is 2. The lowest BCUT2D eigenvalue weighted by Gasteiger charge is -2.09. The van der Waals surface area contributed by atoms with Crippen LogP contribution in [0.4, 0.5) is 0 Å². The van der Waals surface area contributed by atoms with Crippen LogP contribution in [0.2, 0.25) is 19.6 Å². The molecular formula is C20H25N2SSi+. The zero-order valence-electron chi connectivity index (χ0n) is 15.1. The maximum atomic E-state index is 4.79. The van der Waals surface area contributed by atoms with Crippen molar-refractivity contribution in [2.75, 3.05) is 0 Å². The van der Waals surface area contributed by atoms with Crippen molar-refractivity contribution in [2.45, 2.75) is 39.7 Å². The fourth-order valence-corrected chi connectivity index (χ4v) is 4.84. The highest BCUT2D eigenvalue weighted by atomic mass is 32.1. The normalized spacial score (nSPS) is 11.7. The summed E-state index contributed by atoms with van der Waals surface area (Å²) in [4.78, 5) is 1.26. The standard InChI is InChI=1S/C20H25N2SSi/c1-15-6-10-17(11-7-15)19-20(18-12-8-16(2)9-13-18)23-21-22(19)14-24(3,4)5/h6-13H,14H2,1-5H3/q+1. The second-order valence-corrected chi connectivity index (χ2v) is 13.9. The summed E-state index contributed by atoms with van der Waals surface area (Å²) in [5.74, 6) is 0. The molecule has 4 heteroatoms. The Balaban J connectivity index is 2.15. The molecule has 3 rings (SSSR count). The van der Waals surface area contributed by atoms with Crippen molar-refractivity contribution in [3.63, 3.8) is 0 Å². The van der Waals surface area contributed by atoms with Gasteiger partial charge in [0.25, 0.3) is 5.69 Å². The fourth-order valence-electron chi connectivity index (χ4n) is 2.73. The number of hydrogen-bond acceptors (Lipinski definition) is 2. The largest absolute Gasteiger partial charge is 0.259 e. The van der Waals surface area contributed by atoms with Crippen molar-refractivity contribution < 1.29 is 4.68 Å². The van der Waals surface area contributed by atoms with Gasteiger partial charge in [0.2, 0.25) is 0 Å². The fraction of sp³-hybridized carbons (Fsp3) is 0.300. The molecule has 0 amide bonds. The van der Waals surface area contributed by atoms with Gasteiger partial charge in [0, 0.05) is 17.1 Å². The quantitative estimate of drug-likeness (QED) is 0.462. The summed E-state index contributed by atoms with van der Waals surface area (Å²) in [6.07, 6.45) is 1.04. The Kier molecular flexibility index (Phi) is 4.70. The first kappa shape index (κ1) is 17.1. The van der Waals surface area contributed by atoms with E-state index in [1.54, 1.807) is 11.5 Å². The Bertz CT molecular complexity index is 828. The van der Waals surface area contributed by atoms with E-state index in [4.69, 9.17) is 4.49 Å². The van der Waals surface area contributed by atoms with Crippen LogP contribution in [0.15, 0.2) is 48.5 Å². The van der Waals surface area contributed by atoms with Gasteiger partial charge in [-0.25, -0.2) is 0 Å². The summed E-state index contributed by atoms with van der Waals surface area (Å²) < 4.78 is 7.03. The van der Waals surface area contributed by atoms with Crippen LogP contribution < -0.4 is 4.68 Å². The van der Waals surface area contributed by atoms with Crippen LogP contribution in [0.1, 0.15) is 11.1 Å². The van der Waals surface area contributed by atoms with Gasteiger partial charge in [-0.1, -0.05) is 71.8 Å². The molecule has 2 aromatic carbocycles. The minimum absolute atomic E-state index is 1.04. The highest BCUT2D eigenvalue weighted by Crippen LogP contribution is 2.33. The second-order valence-electron chi connectivity index (χ2n) is 7.70. The maximum absolute atomic E-state index is 4.79. The Morgan fingerprint density at radius 2 is 1.33 bits per heavy atom. The monoisotopic (exact) mass is 353 g/mol. The SMILES string of the molecule is Cc1ccc(-c2sn[n+](C[Si](C)(C)C)c2-c2ccc(C)cc2)cc1. The molecule has 0 spiro atoms. The zero-order chi connectivity index (χ0) is 17.3. The van der Waals surface area contributed by atoms with Crippen LogP contribution in [0.3, 0.4) is 0 Å². The van der Waals surface area contributed by atoms with Crippen LogP contribution >= 0.6 is 11.5 Å². The predicted molar refractivity (Wildman–Crippen MR) is 106 cm³/mol. The number of hydrogen-bond donors (Lipinski definition) is 0. The van der Waals surface area contributed by atoms with Crippen molar-refractivity contribution in [3.05, 3.63) is 59.7 Å². The van der Waals surface area contributed by atoms with Gasteiger partial charge >= 0.3 is 0 Å². The molecule has 1 heterocycles. The second kappa shape index (κ2) is 6.61. The molecule has 0 bridgehead atoms. The van der Waals surface area contributed by atoms with Crippen molar-refractivity contribution in [1.82, 2.24) is 4.49 Å². The van der Waals surface area contributed by atoms with Crippen molar-refractivity contribution in [1.29, 1.82) is 0 Å². The van der Waals surface area contributed by atoms with Gasteiger partial charge in [0.15, 0.2) is 6.17 Å².